The molecule has 1 amide bonds. The number of aromatic nitrogens is 4. The highest BCUT2D eigenvalue weighted by Gasteiger charge is 2.12. The highest BCUT2D eigenvalue weighted by Crippen LogP contribution is 2.24. The quantitative estimate of drug-likeness (QED) is 0.310. The molecule has 0 unspecified atom stereocenters. The van der Waals surface area contributed by atoms with E-state index in [1.54, 1.807) is 47.1 Å². The lowest BCUT2D eigenvalue weighted by Crippen LogP contribution is -2.11. The van der Waals surface area contributed by atoms with Crippen molar-refractivity contribution < 1.29 is 14.3 Å². The van der Waals surface area contributed by atoms with E-state index in [0.717, 1.165) is 35.5 Å². The maximum Gasteiger partial charge on any atom is 0.255 e. The van der Waals surface area contributed by atoms with Gasteiger partial charge in [-0.25, -0.2) is 14.6 Å². The number of hydrogen-bond acceptors (Lipinski definition) is 6. The van der Waals surface area contributed by atoms with Crippen LogP contribution in [0.2, 0.25) is 0 Å². The Morgan fingerprint density at radius 2 is 1.69 bits per heavy atom. The SMILES string of the molecule is CCCCOc1ccc(C(=O)Nc2ccc(Oc3cc(-n4nc(C)c(C)c4C)ncn3)cc2)cc1. The molecule has 8 heteroatoms. The Hall–Kier alpha value is -4.20. The average Bonchev–Trinajstić information content (AvgIpc) is 3.13. The molecule has 4 aromatic rings. The van der Waals surface area contributed by atoms with Gasteiger partial charge < -0.3 is 14.8 Å². The van der Waals surface area contributed by atoms with Gasteiger partial charge in [0.2, 0.25) is 5.88 Å². The van der Waals surface area contributed by atoms with E-state index in [4.69, 9.17) is 9.47 Å². The summed E-state index contributed by atoms with van der Waals surface area (Å²) in [5.41, 5.74) is 4.32. The van der Waals surface area contributed by atoms with Crippen LogP contribution in [0.4, 0.5) is 5.69 Å². The smallest absolute Gasteiger partial charge is 0.255 e. The summed E-state index contributed by atoms with van der Waals surface area (Å²) in [4.78, 5) is 21.1. The van der Waals surface area contributed by atoms with Crippen molar-refractivity contribution >= 4 is 11.6 Å². The third-order valence-electron chi connectivity index (χ3n) is 5.72. The second-order valence-corrected chi connectivity index (χ2v) is 8.23. The average molecular weight is 472 g/mol. The van der Waals surface area contributed by atoms with Crippen molar-refractivity contribution in [3.8, 4) is 23.2 Å². The fraction of sp³-hybridized carbons (Fsp3) is 0.259. The lowest BCUT2D eigenvalue weighted by atomic mass is 10.2. The van der Waals surface area contributed by atoms with E-state index in [-0.39, 0.29) is 5.91 Å². The van der Waals surface area contributed by atoms with Crippen LogP contribution < -0.4 is 14.8 Å². The normalized spacial score (nSPS) is 10.7. The molecule has 8 nitrogen and oxygen atoms in total. The zero-order valence-corrected chi connectivity index (χ0v) is 20.4. The van der Waals surface area contributed by atoms with Crippen molar-refractivity contribution in [3.63, 3.8) is 0 Å². The minimum absolute atomic E-state index is 0.195. The van der Waals surface area contributed by atoms with E-state index >= 15 is 0 Å². The number of amides is 1. The number of nitrogens with one attached hydrogen (secondary N) is 1. The van der Waals surface area contributed by atoms with E-state index in [1.807, 2.05) is 32.9 Å². The molecule has 0 saturated heterocycles. The monoisotopic (exact) mass is 471 g/mol. The van der Waals surface area contributed by atoms with Crippen molar-refractivity contribution in [2.75, 3.05) is 11.9 Å². The van der Waals surface area contributed by atoms with Gasteiger partial charge in [-0.15, -0.1) is 0 Å². The first-order valence-corrected chi connectivity index (χ1v) is 11.6. The highest BCUT2D eigenvalue weighted by molar-refractivity contribution is 6.04. The number of unbranched alkanes of at least 4 members (excludes halogenated alkanes) is 1. The molecular weight excluding hydrogens is 442 g/mol. The minimum atomic E-state index is -0.195. The van der Waals surface area contributed by atoms with Crippen LogP contribution in [-0.4, -0.2) is 32.3 Å². The molecule has 2 aromatic heterocycles. The summed E-state index contributed by atoms with van der Waals surface area (Å²) in [5.74, 6) is 2.19. The molecule has 0 aliphatic carbocycles. The molecule has 2 heterocycles. The molecule has 35 heavy (non-hydrogen) atoms. The van der Waals surface area contributed by atoms with Crippen molar-refractivity contribution in [2.45, 2.75) is 40.5 Å². The number of carbonyl (C=O) groups excluding carboxylic acids is 1. The van der Waals surface area contributed by atoms with Crippen LogP contribution in [0.5, 0.6) is 17.4 Å². The maximum atomic E-state index is 12.6. The van der Waals surface area contributed by atoms with Crippen molar-refractivity contribution in [2.24, 2.45) is 0 Å². The summed E-state index contributed by atoms with van der Waals surface area (Å²) in [6.45, 7) is 8.79. The molecule has 0 spiro atoms. The van der Waals surface area contributed by atoms with Crippen molar-refractivity contribution in [3.05, 3.63) is 83.4 Å². The van der Waals surface area contributed by atoms with Gasteiger partial charge in [0.05, 0.1) is 12.3 Å². The Labute approximate surface area is 205 Å². The summed E-state index contributed by atoms with van der Waals surface area (Å²) in [7, 11) is 0. The fourth-order valence-corrected chi connectivity index (χ4v) is 3.41. The summed E-state index contributed by atoms with van der Waals surface area (Å²) >= 11 is 0. The molecule has 0 aliphatic rings. The Bertz CT molecular complexity index is 1300. The van der Waals surface area contributed by atoms with Gasteiger partial charge in [0.15, 0.2) is 5.82 Å². The fourth-order valence-electron chi connectivity index (χ4n) is 3.41. The highest BCUT2D eigenvalue weighted by atomic mass is 16.5. The van der Waals surface area contributed by atoms with Crippen LogP contribution in [0.25, 0.3) is 5.82 Å². The lowest BCUT2D eigenvalue weighted by molar-refractivity contribution is 0.102. The first-order chi connectivity index (χ1) is 16.9. The Kier molecular flexibility index (Phi) is 7.40. The molecule has 2 aromatic carbocycles. The Balaban J connectivity index is 1.38. The third-order valence-corrected chi connectivity index (χ3v) is 5.72. The number of hydrogen-bond donors (Lipinski definition) is 1. The van der Waals surface area contributed by atoms with Gasteiger partial charge in [-0.2, -0.15) is 5.10 Å². The summed E-state index contributed by atoms with van der Waals surface area (Å²) in [6, 6.07) is 16.0. The van der Waals surface area contributed by atoms with Crippen LogP contribution in [0, 0.1) is 20.8 Å². The van der Waals surface area contributed by atoms with Gasteiger partial charge in [0.1, 0.15) is 17.8 Å². The number of nitrogens with zero attached hydrogens (tertiary/aromatic N) is 4. The van der Waals surface area contributed by atoms with Gasteiger partial charge >= 0.3 is 0 Å². The molecule has 1 N–H and O–H groups in total. The van der Waals surface area contributed by atoms with E-state index < -0.39 is 0 Å². The van der Waals surface area contributed by atoms with Gasteiger partial charge in [-0.3, -0.25) is 4.79 Å². The van der Waals surface area contributed by atoms with Gasteiger partial charge in [-0.05, 0) is 81.3 Å². The lowest BCUT2D eigenvalue weighted by Gasteiger charge is -2.09. The standard InChI is InChI=1S/C27H29N5O3/c1-5-6-15-34-23-11-7-21(8-12-23)27(33)30-22-9-13-24(14-10-22)35-26-16-25(28-17-29-26)32-20(4)18(2)19(3)31-32/h7-14,16-17H,5-6,15H2,1-4H3,(H,30,33). The largest absolute Gasteiger partial charge is 0.494 e. The number of rotatable bonds is 9. The minimum Gasteiger partial charge on any atom is -0.494 e. The third kappa shape index (κ3) is 5.84. The molecule has 0 saturated carbocycles. The molecule has 4 rings (SSSR count). The number of carbonyl (C=O) groups is 1. The molecule has 0 atom stereocenters. The first-order valence-electron chi connectivity index (χ1n) is 11.6. The number of ether oxygens (including phenoxy) is 2. The van der Waals surface area contributed by atoms with Crippen LogP contribution in [-0.2, 0) is 0 Å². The van der Waals surface area contributed by atoms with E-state index in [1.165, 1.54) is 6.33 Å². The van der Waals surface area contributed by atoms with Crippen molar-refractivity contribution in [1.82, 2.24) is 19.7 Å². The zero-order valence-electron chi connectivity index (χ0n) is 20.4. The van der Waals surface area contributed by atoms with Crippen molar-refractivity contribution in [1.29, 1.82) is 0 Å². The predicted octanol–water partition coefficient (Wildman–Crippen LogP) is 5.81. The molecule has 0 fully saturated rings. The Morgan fingerprint density at radius 3 is 2.34 bits per heavy atom. The van der Waals surface area contributed by atoms with E-state index in [9.17, 15) is 4.79 Å². The first kappa shape index (κ1) is 23.9. The van der Waals surface area contributed by atoms with Crippen LogP contribution in [0.3, 0.4) is 0 Å². The zero-order chi connectivity index (χ0) is 24.8. The molecule has 180 valence electrons. The van der Waals surface area contributed by atoms with Crippen LogP contribution >= 0.6 is 0 Å². The Morgan fingerprint density at radius 1 is 0.971 bits per heavy atom. The van der Waals surface area contributed by atoms with E-state index in [0.29, 0.717) is 35.3 Å². The predicted molar refractivity (Wildman–Crippen MR) is 135 cm³/mol. The van der Waals surface area contributed by atoms with E-state index in [2.05, 4.69) is 27.3 Å². The summed E-state index contributed by atoms with van der Waals surface area (Å²) in [5, 5.41) is 7.43. The van der Waals surface area contributed by atoms with Gasteiger partial charge in [-0.1, -0.05) is 13.3 Å². The second kappa shape index (κ2) is 10.8. The molecule has 0 aliphatic heterocycles. The maximum absolute atomic E-state index is 12.6. The topological polar surface area (TPSA) is 91.2 Å². The number of benzene rings is 2. The second-order valence-electron chi connectivity index (χ2n) is 8.23. The van der Waals surface area contributed by atoms with Crippen LogP contribution in [0.1, 0.15) is 47.1 Å². The summed E-state index contributed by atoms with van der Waals surface area (Å²) in [6.07, 6.45) is 3.53. The number of anilines is 1. The summed E-state index contributed by atoms with van der Waals surface area (Å²) < 4.78 is 13.3. The molecular formula is C27H29N5O3. The molecule has 0 radical (unpaired) electrons. The van der Waals surface area contributed by atoms with Crippen LogP contribution in [0.15, 0.2) is 60.9 Å². The number of aryl methyl sites for hydroxylation is 1. The molecule has 0 bridgehead atoms. The van der Waals surface area contributed by atoms with Gasteiger partial charge in [0, 0.05) is 23.0 Å². The van der Waals surface area contributed by atoms with Gasteiger partial charge in [0.25, 0.3) is 5.91 Å².